The van der Waals surface area contributed by atoms with Gasteiger partial charge in [0.2, 0.25) is 0 Å². The number of nitrogens with zero attached hydrogens (tertiary/aromatic N) is 1. The molecule has 1 spiro atoms. The van der Waals surface area contributed by atoms with Crippen molar-refractivity contribution >= 4 is 0 Å². The second kappa shape index (κ2) is 4.44. The van der Waals surface area contributed by atoms with Gasteiger partial charge in [0.05, 0.1) is 6.61 Å². The molecule has 0 aromatic rings. The molecule has 3 nitrogen and oxygen atoms in total. The van der Waals surface area contributed by atoms with Gasteiger partial charge in [0.25, 0.3) is 0 Å². The summed E-state index contributed by atoms with van der Waals surface area (Å²) in [7, 11) is 0. The average Bonchev–Trinajstić information content (AvgIpc) is 2.93. The van der Waals surface area contributed by atoms with Crippen molar-refractivity contribution in [3.8, 4) is 0 Å². The average molecular weight is 264 g/mol. The monoisotopic (exact) mass is 264 g/mol. The molecule has 4 aliphatic rings. The van der Waals surface area contributed by atoms with Crippen molar-refractivity contribution in [1.82, 2.24) is 10.2 Å². The molecule has 2 N–H and O–H groups in total. The lowest BCUT2D eigenvalue weighted by Crippen LogP contribution is -2.52. The van der Waals surface area contributed by atoms with Crippen molar-refractivity contribution in [1.29, 1.82) is 0 Å². The third-order valence-electron chi connectivity index (χ3n) is 6.79. The summed E-state index contributed by atoms with van der Waals surface area (Å²) in [6, 6.07) is 0.840. The minimum absolute atomic E-state index is 0.190. The Bertz CT molecular complexity index is 345. The van der Waals surface area contributed by atoms with Gasteiger partial charge in [-0.25, -0.2) is 0 Å². The predicted octanol–water partition coefficient (Wildman–Crippen LogP) is 1.61. The molecule has 0 aromatic heterocycles. The topological polar surface area (TPSA) is 35.5 Å². The third kappa shape index (κ3) is 1.89. The quantitative estimate of drug-likeness (QED) is 0.795. The first-order valence-corrected chi connectivity index (χ1v) is 8.31. The van der Waals surface area contributed by atoms with E-state index in [1.165, 1.54) is 51.5 Å². The summed E-state index contributed by atoms with van der Waals surface area (Å²) < 4.78 is 0. The van der Waals surface area contributed by atoms with E-state index in [0.29, 0.717) is 12.5 Å². The number of hydrogen-bond acceptors (Lipinski definition) is 3. The Morgan fingerprint density at radius 3 is 2.63 bits per heavy atom. The summed E-state index contributed by atoms with van der Waals surface area (Å²) in [5.74, 6) is 0.695. The highest BCUT2D eigenvalue weighted by Gasteiger charge is 2.54. The van der Waals surface area contributed by atoms with Crippen molar-refractivity contribution in [2.45, 2.75) is 51.0 Å². The van der Waals surface area contributed by atoms with Crippen LogP contribution in [0.4, 0.5) is 0 Å². The first-order valence-electron chi connectivity index (χ1n) is 8.31. The highest BCUT2D eigenvalue weighted by molar-refractivity contribution is 5.08. The normalized spacial score (nSPS) is 42.5. The van der Waals surface area contributed by atoms with Crippen molar-refractivity contribution in [2.75, 3.05) is 32.8 Å². The van der Waals surface area contributed by atoms with Crippen molar-refractivity contribution in [3.63, 3.8) is 0 Å². The first kappa shape index (κ1) is 12.6. The molecule has 0 amide bonds. The molecule has 19 heavy (non-hydrogen) atoms. The maximum atomic E-state index is 9.79. The lowest BCUT2D eigenvalue weighted by Gasteiger charge is -2.53. The van der Waals surface area contributed by atoms with Gasteiger partial charge in [-0.05, 0) is 43.6 Å². The van der Waals surface area contributed by atoms with Gasteiger partial charge in [-0.1, -0.05) is 19.3 Å². The Hall–Kier alpha value is -0.120. The lowest BCUT2D eigenvalue weighted by atomic mass is 9.58. The number of nitrogens with one attached hydrogen (secondary N) is 1. The van der Waals surface area contributed by atoms with Gasteiger partial charge in [0, 0.05) is 31.1 Å². The van der Waals surface area contributed by atoms with Gasteiger partial charge in [-0.3, -0.25) is 4.90 Å². The maximum absolute atomic E-state index is 9.79. The van der Waals surface area contributed by atoms with Crippen LogP contribution in [0.25, 0.3) is 0 Å². The van der Waals surface area contributed by atoms with Crippen LogP contribution in [0.15, 0.2) is 0 Å². The van der Waals surface area contributed by atoms with Crippen LogP contribution < -0.4 is 5.32 Å². The van der Waals surface area contributed by atoms with Crippen LogP contribution >= 0.6 is 0 Å². The molecule has 108 valence electrons. The minimum atomic E-state index is 0.190. The van der Waals surface area contributed by atoms with E-state index in [2.05, 4.69) is 10.2 Å². The minimum Gasteiger partial charge on any atom is -0.396 e. The van der Waals surface area contributed by atoms with Gasteiger partial charge in [0.1, 0.15) is 0 Å². The highest BCUT2D eigenvalue weighted by Crippen LogP contribution is 2.55. The van der Waals surface area contributed by atoms with E-state index in [0.717, 1.165) is 31.1 Å². The van der Waals surface area contributed by atoms with Crippen LogP contribution in [0.5, 0.6) is 0 Å². The van der Waals surface area contributed by atoms with Crippen LogP contribution in [0.1, 0.15) is 44.9 Å². The Labute approximate surface area is 116 Å². The fourth-order valence-corrected chi connectivity index (χ4v) is 5.47. The summed E-state index contributed by atoms with van der Waals surface area (Å²) in [6.45, 7) is 4.90. The zero-order chi connectivity index (χ0) is 12.9. The molecular weight excluding hydrogens is 236 g/mol. The van der Waals surface area contributed by atoms with Crippen LogP contribution in [-0.2, 0) is 0 Å². The summed E-state index contributed by atoms with van der Waals surface area (Å²) in [4.78, 5) is 2.72. The van der Waals surface area contributed by atoms with Crippen molar-refractivity contribution in [2.24, 2.45) is 16.7 Å². The summed E-state index contributed by atoms with van der Waals surface area (Å²) in [5, 5.41) is 13.3. The van der Waals surface area contributed by atoms with Crippen LogP contribution in [-0.4, -0.2) is 48.8 Å². The van der Waals surface area contributed by atoms with Gasteiger partial charge in [-0.2, -0.15) is 0 Å². The number of aliphatic hydroxyl groups is 1. The number of likely N-dealkylation sites (tertiary alicyclic amines) is 1. The Morgan fingerprint density at radius 2 is 1.95 bits per heavy atom. The van der Waals surface area contributed by atoms with E-state index in [1.807, 2.05) is 0 Å². The SMILES string of the molecule is OCC12CNCC1CN(C1CC3(CCCCC3)C1)C2. The molecule has 4 fully saturated rings. The summed E-state index contributed by atoms with van der Waals surface area (Å²) in [6.07, 6.45) is 10.3. The van der Waals surface area contributed by atoms with E-state index in [1.54, 1.807) is 0 Å². The fraction of sp³-hybridized carbons (Fsp3) is 1.00. The molecule has 3 heteroatoms. The molecule has 2 saturated carbocycles. The van der Waals surface area contributed by atoms with Crippen molar-refractivity contribution in [3.05, 3.63) is 0 Å². The summed E-state index contributed by atoms with van der Waals surface area (Å²) >= 11 is 0. The molecule has 2 unspecified atom stereocenters. The number of rotatable bonds is 2. The molecule has 4 rings (SSSR count). The first-order chi connectivity index (χ1) is 9.25. The Morgan fingerprint density at radius 1 is 1.16 bits per heavy atom. The highest BCUT2D eigenvalue weighted by atomic mass is 16.3. The molecule has 2 aliphatic carbocycles. The molecule has 0 radical (unpaired) electrons. The van der Waals surface area contributed by atoms with E-state index in [-0.39, 0.29) is 5.41 Å². The van der Waals surface area contributed by atoms with Crippen LogP contribution in [0.3, 0.4) is 0 Å². The van der Waals surface area contributed by atoms with E-state index >= 15 is 0 Å². The Balaban J connectivity index is 1.38. The maximum Gasteiger partial charge on any atom is 0.0515 e. The smallest absolute Gasteiger partial charge is 0.0515 e. The predicted molar refractivity (Wildman–Crippen MR) is 76.0 cm³/mol. The molecular formula is C16H28N2O. The number of aliphatic hydroxyl groups excluding tert-OH is 1. The van der Waals surface area contributed by atoms with Gasteiger partial charge in [-0.15, -0.1) is 0 Å². The van der Waals surface area contributed by atoms with Crippen LogP contribution in [0.2, 0.25) is 0 Å². The molecule has 2 saturated heterocycles. The van der Waals surface area contributed by atoms with Gasteiger partial charge >= 0.3 is 0 Å². The standard InChI is InChI=1S/C16H28N2O/c19-12-16-10-17-8-13(16)9-18(11-16)14-6-15(7-14)4-2-1-3-5-15/h13-14,17,19H,1-12H2. The molecule has 2 aliphatic heterocycles. The lowest BCUT2D eigenvalue weighted by molar-refractivity contribution is -0.0226. The largest absolute Gasteiger partial charge is 0.396 e. The van der Waals surface area contributed by atoms with E-state index in [9.17, 15) is 5.11 Å². The Kier molecular flexibility index (Phi) is 2.95. The number of fused-ring (bicyclic) bond motifs is 1. The molecule has 0 bridgehead atoms. The zero-order valence-corrected chi connectivity index (χ0v) is 12.0. The fourth-order valence-electron chi connectivity index (χ4n) is 5.47. The van der Waals surface area contributed by atoms with E-state index < -0.39 is 0 Å². The zero-order valence-electron chi connectivity index (χ0n) is 12.0. The molecule has 0 aromatic carbocycles. The van der Waals surface area contributed by atoms with Gasteiger partial charge < -0.3 is 10.4 Å². The van der Waals surface area contributed by atoms with Crippen LogP contribution in [0, 0.1) is 16.7 Å². The van der Waals surface area contributed by atoms with Gasteiger partial charge in [0.15, 0.2) is 0 Å². The van der Waals surface area contributed by atoms with E-state index in [4.69, 9.17) is 0 Å². The second-order valence-corrected chi connectivity index (χ2v) is 7.90. The molecule has 2 atom stereocenters. The van der Waals surface area contributed by atoms with Crippen molar-refractivity contribution < 1.29 is 5.11 Å². The number of hydrogen-bond donors (Lipinski definition) is 2. The third-order valence-corrected chi connectivity index (χ3v) is 6.79. The second-order valence-electron chi connectivity index (χ2n) is 7.90. The summed E-state index contributed by atoms with van der Waals surface area (Å²) in [5.41, 5.74) is 0.931. The molecule has 2 heterocycles.